The maximum absolute atomic E-state index is 12.8. The van der Waals surface area contributed by atoms with Crippen molar-refractivity contribution in [1.29, 1.82) is 5.26 Å². The smallest absolute Gasteiger partial charge is 0.259 e. The molecule has 2 aromatic carbocycles. The fourth-order valence-electron chi connectivity index (χ4n) is 3.09. The van der Waals surface area contributed by atoms with Gasteiger partial charge in [-0.25, -0.2) is 4.98 Å². The highest BCUT2D eigenvalue weighted by Gasteiger charge is 2.14. The maximum atomic E-state index is 12.8. The summed E-state index contributed by atoms with van der Waals surface area (Å²) in [5, 5.41) is 12.2. The molecule has 1 amide bonds. The molecule has 0 radical (unpaired) electrons. The van der Waals surface area contributed by atoms with Crippen LogP contribution in [0, 0.1) is 18.3 Å². The average molecular weight is 417 g/mol. The summed E-state index contributed by atoms with van der Waals surface area (Å²) in [6.45, 7) is 2.23. The van der Waals surface area contributed by atoms with Crippen molar-refractivity contribution >= 4 is 28.8 Å². The van der Waals surface area contributed by atoms with Gasteiger partial charge in [0.25, 0.3) is 5.91 Å². The van der Waals surface area contributed by atoms with Crippen molar-refractivity contribution in [1.82, 2.24) is 9.38 Å². The number of anilines is 1. The van der Waals surface area contributed by atoms with Crippen LogP contribution in [-0.2, 0) is 6.61 Å². The third-order valence-corrected chi connectivity index (χ3v) is 4.91. The summed E-state index contributed by atoms with van der Waals surface area (Å²) in [4.78, 5) is 17.4. The first kappa shape index (κ1) is 19.5. The zero-order valence-corrected chi connectivity index (χ0v) is 16.8. The minimum atomic E-state index is -0.345. The number of nitrogens with one attached hydrogen (secondary N) is 1. The van der Waals surface area contributed by atoms with Crippen molar-refractivity contribution in [2.75, 3.05) is 5.32 Å². The molecule has 0 saturated carbocycles. The van der Waals surface area contributed by atoms with E-state index in [4.69, 9.17) is 21.6 Å². The molecule has 4 rings (SSSR count). The van der Waals surface area contributed by atoms with E-state index in [0.717, 1.165) is 16.9 Å². The van der Waals surface area contributed by atoms with Gasteiger partial charge in [-0.05, 0) is 48.9 Å². The molecule has 0 bridgehead atoms. The zero-order valence-electron chi connectivity index (χ0n) is 16.1. The molecule has 1 N–H and O–H groups in total. The van der Waals surface area contributed by atoms with Gasteiger partial charge in [-0.15, -0.1) is 0 Å². The molecule has 0 atom stereocenters. The topological polar surface area (TPSA) is 79.4 Å². The molecular weight excluding hydrogens is 400 g/mol. The van der Waals surface area contributed by atoms with Crippen LogP contribution in [-0.4, -0.2) is 15.3 Å². The molecule has 0 saturated heterocycles. The molecule has 2 heterocycles. The summed E-state index contributed by atoms with van der Waals surface area (Å²) >= 11 is 5.95. The van der Waals surface area contributed by atoms with Crippen LogP contribution in [0.25, 0.3) is 5.65 Å². The van der Waals surface area contributed by atoms with E-state index in [1.807, 2.05) is 41.9 Å². The number of benzene rings is 2. The second-order valence-corrected chi connectivity index (χ2v) is 7.11. The number of nitriles is 1. The van der Waals surface area contributed by atoms with Crippen LogP contribution >= 0.6 is 11.6 Å². The lowest BCUT2D eigenvalue weighted by Gasteiger charge is -2.11. The van der Waals surface area contributed by atoms with Gasteiger partial charge in [0.2, 0.25) is 0 Å². The van der Waals surface area contributed by atoms with Crippen molar-refractivity contribution in [3.05, 3.63) is 94.4 Å². The normalized spacial score (nSPS) is 10.6. The average Bonchev–Trinajstić information content (AvgIpc) is 3.18. The van der Waals surface area contributed by atoms with Gasteiger partial charge in [0, 0.05) is 18.1 Å². The Balaban J connectivity index is 1.52. The number of rotatable bonds is 5. The number of halogens is 1. The summed E-state index contributed by atoms with van der Waals surface area (Å²) < 4.78 is 7.85. The number of nitrogens with zero attached hydrogens (tertiary/aromatic N) is 3. The quantitative estimate of drug-likeness (QED) is 0.496. The number of aryl methyl sites for hydroxylation is 1. The van der Waals surface area contributed by atoms with Gasteiger partial charge < -0.3 is 14.5 Å². The van der Waals surface area contributed by atoms with Gasteiger partial charge in [0.05, 0.1) is 21.8 Å². The molecule has 30 heavy (non-hydrogen) atoms. The molecule has 2 aromatic heterocycles. The SMILES string of the molecule is Cc1cccn2cc(COc3ccccc3C(=O)Nc3ccc(Cl)c(C#N)c3)nc12. The third kappa shape index (κ3) is 3.97. The lowest BCUT2D eigenvalue weighted by Crippen LogP contribution is -2.13. The number of fused-ring (bicyclic) bond motifs is 1. The molecule has 0 aliphatic carbocycles. The first-order chi connectivity index (χ1) is 14.5. The number of carbonyl (C=O) groups excluding carboxylic acids is 1. The maximum Gasteiger partial charge on any atom is 0.259 e. The van der Waals surface area contributed by atoms with E-state index in [1.54, 1.807) is 36.4 Å². The van der Waals surface area contributed by atoms with E-state index in [2.05, 4.69) is 10.3 Å². The predicted molar refractivity (Wildman–Crippen MR) is 115 cm³/mol. The number of hydrogen-bond acceptors (Lipinski definition) is 4. The molecule has 7 heteroatoms. The van der Waals surface area contributed by atoms with E-state index in [9.17, 15) is 4.79 Å². The first-order valence-electron chi connectivity index (χ1n) is 9.21. The number of para-hydroxylation sites is 1. The molecule has 0 fully saturated rings. The molecule has 6 nitrogen and oxygen atoms in total. The molecule has 148 valence electrons. The molecule has 0 unspecified atom stereocenters. The largest absolute Gasteiger partial charge is 0.486 e. The van der Waals surface area contributed by atoms with Gasteiger partial charge in [-0.3, -0.25) is 4.79 Å². The molecule has 0 spiro atoms. The van der Waals surface area contributed by atoms with Crippen LogP contribution in [0.3, 0.4) is 0 Å². The summed E-state index contributed by atoms with van der Waals surface area (Å²) in [6.07, 6.45) is 3.84. The second kappa shape index (κ2) is 8.27. The van der Waals surface area contributed by atoms with E-state index in [0.29, 0.717) is 27.6 Å². The number of hydrogen-bond donors (Lipinski definition) is 1. The van der Waals surface area contributed by atoms with Gasteiger partial charge >= 0.3 is 0 Å². The second-order valence-electron chi connectivity index (χ2n) is 6.70. The van der Waals surface area contributed by atoms with Crippen molar-refractivity contribution in [2.45, 2.75) is 13.5 Å². The Morgan fingerprint density at radius 1 is 1.23 bits per heavy atom. The summed E-state index contributed by atoms with van der Waals surface area (Å²) in [5.74, 6) is 0.0981. The fraction of sp³-hybridized carbons (Fsp3) is 0.0870. The molecular formula is C23H17ClN4O2. The van der Waals surface area contributed by atoms with Crippen LogP contribution < -0.4 is 10.1 Å². The van der Waals surface area contributed by atoms with Crippen molar-refractivity contribution in [2.24, 2.45) is 0 Å². The Morgan fingerprint density at radius 3 is 2.87 bits per heavy atom. The molecule has 4 aromatic rings. The first-order valence-corrected chi connectivity index (χ1v) is 9.59. The van der Waals surface area contributed by atoms with Crippen LogP contribution in [0.4, 0.5) is 5.69 Å². The Bertz CT molecular complexity index is 1290. The van der Waals surface area contributed by atoms with E-state index >= 15 is 0 Å². The Labute approximate surface area is 178 Å². The van der Waals surface area contributed by atoms with Crippen molar-refractivity contribution in [3.63, 3.8) is 0 Å². The third-order valence-electron chi connectivity index (χ3n) is 4.58. The summed E-state index contributed by atoms with van der Waals surface area (Å²) in [6, 6.07) is 17.7. The predicted octanol–water partition coefficient (Wildman–Crippen LogP) is 5.00. The monoisotopic (exact) mass is 416 g/mol. The summed E-state index contributed by atoms with van der Waals surface area (Å²) in [7, 11) is 0. The van der Waals surface area contributed by atoms with Crippen LogP contribution in [0.5, 0.6) is 5.75 Å². The van der Waals surface area contributed by atoms with Gasteiger partial charge in [-0.2, -0.15) is 5.26 Å². The van der Waals surface area contributed by atoms with Crippen LogP contribution in [0.1, 0.15) is 27.2 Å². The van der Waals surface area contributed by atoms with E-state index < -0.39 is 0 Å². The van der Waals surface area contributed by atoms with Gasteiger partial charge in [-0.1, -0.05) is 29.8 Å². The Hall–Kier alpha value is -3.82. The number of amides is 1. The highest BCUT2D eigenvalue weighted by atomic mass is 35.5. The van der Waals surface area contributed by atoms with Gasteiger partial charge in [0.15, 0.2) is 0 Å². The minimum absolute atomic E-state index is 0.227. The zero-order chi connectivity index (χ0) is 21.1. The standard InChI is InChI=1S/C23H17ClN4O2/c1-15-5-4-10-28-13-18(26-22(15)28)14-30-21-7-3-2-6-19(21)23(29)27-17-8-9-20(24)16(11-17)12-25/h2-11,13H,14H2,1H3,(H,27,29). The van der Waals surface area contributed by atoms with Crippen LogP contribution in [0.15, 0.2) is 67.0 Å². The van der Waals surface area contributed by atoms with Crippen molar-refractivity contribution in [3.8, 4) is 11.8 Å². The highest BCUT2D eigenvalue weighted by molar-refractivity contribution is 6.31. The fourth-order valence-corrected chi connectivity index (χ4v) is 3.25. The number of aromatic nitrogens is 2. The Morgan fingerprint density at radius 2 is 2.07 bits per heavy atom. The number of carbonyl (C=O) groups is 1. The minimum Gasteiger partial charge on any atom is -0.486 e. The lowest BCUT2D eigenvalue weighted by molar-refractivity contribution is 0.102. The number of imidazole rings is 1. The van der Waals surface area contributed by atoms with E-state index in [-0.39, 0.29) is 12.5 Å². The Kier molecular flexibility index (Phi) is 5.38. The lowest BCUT2D eigenvalue weighted by atomic mass is 10.1. The molecule has 0 aliphatic rings. The van der Waals surface area contributed by atoms with Crippen LogP contribution in [0.2, 0.25) is 5.02 Å². The number of pyridine rings is 1. The van der Waals surface area contributed by atoms with Crippen molar-refractivity contribution < 1.29 is 9.53 Å². The molecule has 0 aliphatic heterocycles. The van der Waals surface area contributed by atoms with Gasteiger partial charge in [0.1, 0.15) is 24.1 Å². The number of ether oxygens (including phenoxy) is 1. The summed E-state index contributed by atoms with van der Waals surface area (Å²) in [5.41, 5.74) is 3.86. The highest BCUT2D eigenvalue weighted by Crippen LogP contribution is 2.23. The van der Waals surface area contributed by atoms with E-state index in [1.165, 1.54) is 6.07 Å².